The van der Waals surface area contributed by atoms with Crippen molar-refractivity contribution in [2.24, 2.45) is 5.92 Å². The smallest absolute Gasteiger partial charge is 0.410 e. The van der Waals surface area contributed by atoms with Crippen LogP contribution < -0.4 is 5.32 Å². The minimum atomic E-state index is -0.545. The third kappa shape index (κ3) is 6.24. The summed E-state index contributed by atoms with van der Waals surface area (Å²) in [6, 6.07) is 19.6. The van der Waals surface area contributed by atoms with Gasteiger partial charge in [-0.25, -0.2) is 9.59 Å². The Morgan fingerprint density at radius 3 is 2.27 bits per heavy atom. The molecule has 1 saturated heterocycles. The van der Waals surface area contributed by atoms with Gasteiger partial charge in [0.15, 0.2) is 0 Å². The molecule has 1 heterocycles. The second kappa shape index (κ2) is 9.65. The first-order chi connectivity index (χ1) is 14.3. The highest BCUT2D eigenvalue weighted by Crippen LogP contribution is 2.33. The third-order valence-electron chi connectivity index (χ3n) is 5.04. The van der Waals surface area contributed by atoms with Gasteiger partial charge in [0.2, 0.25) is 0 Å². The number of ether oxygens (including phenoxy) is 2. The number of amides is 2. The van der Waals surface area contributed by atoms with Gasteiger partial charge in [0.05, 0.1) is 0 Å². The molecule has 6 nitrogen and oxygen atoms in total. The van der Waals surface area contributed by atoms with Crippen LogP contribution in [-0.2, 0) is 16.1 Å². The molecule has 2 amide bonds. The van der Waals surface area contributed by atoms with E-state index >= 15 is 0 Å². The number of likely N-dealkylation sites (tertiary alicyclic amines) is 1. The molecule has 0 spiro atoms. The predicted octanol–water partition coefficient (Wildman–Crippen LogP) is 4.56. The molecule has 0 saturated carbocycles. The van der Waals surface area contributed by atoms with Crippen molar-refractivity contribution in [3.63, 3.8) is 0 Å². The van der Waals surface area contributed by atoms with Crippen LogP contribution >= 0.6 is 0 Å². The molecule has 30 heavy (non-hydrogen) atoms. The molecule has 1 N–H and O–H groups in total. The summed E-state index contributed by atoms with van der Waals surface area (Å²) in [4.78, 5) is 26.5. The van der Waals surface area contributed by atoms with Gasteiger partial charge < -0.3 is 19.7 Å². The van der Waals surface area contributed by atoms with Crippen LogP contribution in [0.3, 0.4) is 0 Å². The summed E-state index contributed by atoms with van der Waals surface area (Å²) in [6.07, 6.45) is -0.779. The Labute approximate surface area is 178 Å². The van der Waals surface area contributed by atoms with Crippen molar-refractivity contribution in [3.05, 3.63) is 71.8 Å². The summed E-state index contributed by atoms with van der Waals surface area (Å²) < 4.78 is 10.9. The van der Waals surface area contributed by atoms with Gasteiger partial charge in [0.1, 0.15) is 12.2 Å². The lowest BCUT2D eigenvalue weighted by molar-refractivity contribution is 0.0287. The van der Waals surface area contributed by atoms with Gasteiger partial charge in [-0.05, 0) is 31.9 Å². The van der Waals surface area contributed by atoms with Crippen molar-refractivity contribution in [2.45, 2.75) is 38.9 Å². The zero-order chi connectivity index (χ0) is 21.6. The Bertz CT molecular complexity index is 833. The summed E-state index contributed by atoms with van der Waals surface area (Å²) >= 11 is 0. The quantitative estimate of drug-likeness (QED) is 0.784. The zero-order valence-electron chi connectivity index (χ0n) is 17.8. The van der Waals surface area contributed by atoms with E-state index in [-0.39, 0.29) is 24.5 Å². The van der Waals surface area contributed by atoms with Gasteiger partial charge in [-0.2, -0.15) is 0 Å². The first-order valence-electron chi connectivity index (χ1n) is 10.3. The van der Waals surface area contributed by atoms with Crippen LogP contribution in [0.2, 0.25) is 0 Å². The number of hydrogen-bond acceptors (Lipinski definition) is 4. The molecule has 1 aliphatic rings. The van der Waals surface area contributed by atoms with Gasteiger partial charge in [-0.15, -0.1) is 0 Å². The van der Waals surface area contributed by atoms with Crippen LogP contribution in [0.25, 0.3) is 0 Å². The first-order valence-corrected chi connectivity index (χ1v) is 10.3. The van der Waals surface area contributed by atoms with E-state index in [4.69, 9.17) is 9.47 Å². The molecule has 6 heteroatoms. The van der Waals surface area contributed by atoms with Crippen LogP contribution in [-0.4, -0.2) is 42.3 Å². The van der Waals surface area contributed by atoms with E-state index in [0.29, 0.717) is 19.6 Å². The molecule has 0 unspecified atom stereocenters. The highest BCUT2D eigenvalue weighted by Gasteiger charge is 2.38. The van der Waals surface area contributed by atoms with E-state index in [9.17, 15) is 9.59 Å². The molecule has 1 fully saturated rings. The summed E-state index contributed by atoms with van der Waals surface area (Å²) in [5, 5.41) is 2.86. The largest absolute Gasteiger partial charge is 0.445 e. The van der Waals surface area contributed by atoms with Crippen LogP contribution in [0, 0.1) is 5.92 Å². The van der Waals surface area contributed by atoms with Crippen LogP contribution in [0.1, 0.15) is 37.8 Å². The Kier molecular flexibility index (Phi) is 6.98. The third-order valence-corrected chi connectivity index (χ3v) is 5.04. The number of rotatable bonds is 5. The lowest BCUT2D eigenvalue weighted by Gasteiger charge is -2.24. The van der Waals surface area contributed by atoms with Crippen molar-refractivity contribution in [2.75, 3.05) is 19.6 Å². The van der Waals surface area contributed by atoms with E-state index in [2.05, 4.69) is 17.4 Å². The van der Waals surface area contributed by atoms with E-state index in [0.717, 1.165) is 11.1 Å². The molecule has 1 aliphatic heterocycles. The van der Waals surface area contributed by atoms with Gasteiger partial charge in [-0.1, -0.05) is 60.7 Å². The Morgan fingerprint density at radius 2 is 1.63 bits per heavy atom. The molecular weight excluding hydrogens is 380 g/mol. The normalized spacial score (nSPS) is 18.7. The van der Waals surface area contributed by atoms with Crippen molar-refractivity contribution >= 4 is 12.2 Å². The van der Waals surface area contributed by atoms with E-state index in [1.165, 1.54) is 0 Å². The fraction of sp³-hybridized carbons (Fsp3) is 0.417. The fourth-order valence-electron chi connectivity index (χ4n) is 3.62. The average molecular weight is 411 g/mol. The second-order valence-electron chi connectivity index (χ2n) is 8.61. The summed E-state index contributed by atoms with van der Waals surface area (Å²) in [7, 11) is 0. The lowest BCUT2D eigenvalue weighted by atomic mass is 9.89. The molecule has 0 radical (unpaired) electrons. The molecule has 2 atom stereocenters. The minimum absolute atomic E-state index is 0.0733. The van der Waals surface area contributed by atoms with Gasteiger partial charge in [0, 0.05) is 31.5 Å². The van der Waals surface area contributed by atoms with E-state index in [1.54, 1.807) is 4.90 Å². The number of carbonyl (C=O) groups is 2. The first kappa shape index (κ1) is 21.7. The summed E-state index contributed by atoms with van der Waals surface area (Å²) in [5.74, 6) is 0.192. The maximum Gasteiger partial charge on any atom is 0.410 e. The van der Waals surface area contributed by atoms with Gasteiger partial charge >= 0.3 is 12.2 Å². The minimum Gasteiger partial charge on any atom is -0.445 e. The molecule has 3 rings (SSSR count). The lowest BCUT2D eigenvalue weighted by Crippen LogP contribution is -2.36. The Morgan fingerprint density at radius 1 is 1.00 bits per heavy atom. The van der Waals surface area contributed by atoms with Crippen molar-refractivity contribution in [1.29, 1.82) is 0 Å². The van der Waals surface area contributed by atoms with E-state index < -0.39 is 11.7 Å². The maximum atomic E-state index is 12.6. The number of benzene rings is 2. The Hall–Kier alpha value is -3.02. The number of alkyl carbamates (subject to hydrolysis) is 1. The van der Waals surface area contributed by atoms with Gasteiger partial charge in [0.25, 0.3) is 0 Å². The van der Waals surface area contributed by atoms with Gasteiger partial charge in [-0.3, -0.25) is 0 Å². The van der Waals surface area contributed by atoms with Crippen LogP contribution in [0.15, 0.2) is 60.7 Å². The molecule has 0 aromatic heterocycles. The summed E-state index contributed by atoms with van der Waals surface area (Å²) in [5.41, 5.74) is 1.54. The molecule has 2 aromatic rings. The monoisotopic (exact) mass is 410 g/mol. The fourth-order valence-corrected chi connectivity index (χ4v) is 3.62. The molecule has 160 valence electrons. The number of nitrogens with one attached hydrogen (secondary N) is 1. The highest BCUT2D eigenvalue weighted by molar-refractivity contribution is 5.69. The predicted molar refractivity (Wildman–Crippen MR) is 115 cm³/mol. The zero-order valence-corrected chi connectivity index (χ0v) is 17.8. The summed E-state index contributed by atoms with van der Waals surface area (Å²) in [6.45, 7) is 7.31. The number of carbonyl (C=O) groups excluding carboxylic acids is 2. The second-order valence-corrected chi connectivity index (χ2v) is 8.61. The van der Waals surface area contributed by atoms with Crippen LogP contribution in [0.5, 0.6) is 0 Å². The molecular formula is C24H30N2O4. The average Bonchev–Trinajstić information content (AvgIpc) is 3.15. The number of hydrogen-bond donors (Lipinski definition) is 1. The number of nitrogens with zero attached hydrogens (tertiary/aromatic N) is 1. The molecule has 2 aromatic carbocycles. The molecule has 0 aliphatic carbocycles. The van der Waals surface area contributed by atoms with Crippen molar-refractivity contribution in [1.82, 2.24) is 10.2 Å². The molecule has 0 bridgehead atoms. The van der Waals surface area contributed by atoms with Crippen molar-refractivity contribution < 1.29 is 19.1 Å². The SMILES string of the molecule is CC(C)(C)OC(=O)N1C[C@@H](CNC(=O)OCc2ccccc2)[C@H](c2ccccc2)C1. The van der Waals surface area contributed by atoms with Crippen LogP contribution in [0.4, 0.5) is 9.59 Å². The van der Waals surface area contributed by atoms with E-state index in [1.807, 2.05) is 69.3 Å². The maximum absolute atomic E-state index is 12.6. The Balaban J connectivity index is 1.60. The van der Waals surface area contributed by atoms with Crippen molar-refractivity contribution in [3.8, 4) is 0 Å². The topological polar surface area (TPSA) is 67.9 Å². The highest BCUT2D eigenvalue weighted by atomic mass is 16.6. The standard InChI is InChI=1S/C24H30N2O4/c1-24(2,3)30-23(28)26-15-20(21(16-26)19-12-8-5-9-13-19)14-25-22(27)29-17-18-10-6-4-7-11-18/h4-13,20-21H,14-17H2,1-3H3,(H,25,27)/t20-,21+/m1/s1.